The van der Waals surface area contributed by atoms with E-state index in [-0.39, 0.29) is 55.5 Å². The number of nitriles is 1. The number of rotatable bonds is 6. The van der Waals surface area contributed by atoms with E-state index >= 15 is 0 Å². The Kier molecular flexibility index (Phi) is 5.65. The summed E-state index contributed by atoms with van der Waals surface area (Å²) in [4.78, 5) is 28.2. The molecule has 4 bridgehead atoms. The van der Waals surface area contributed by atoms with E-state index in [1.807, 2.05) is 0 Å². The van der Waals surface area contributed by atoms with Crippen molar-refractivity contribution in [2.45, 2.75) is 74.9 Å². The third kappa shape index (κ3) is 4.12. The van der Waals surface area contributed by atoms with Crippen molar-refractivity contribution in [3.05, 3.63) is 0 Å². The van der Waals surface area contributed by atoms with Crippen molar-refractivity contribution in [1.29, 1.82) is 5.26 Å². The normalized spacial score (nSPS) is 39.5. The molecule has 0 spiro atoms. The molecule has 2 aliphatic heterocycles. The number of hydrogen-bond acceptors (Lipinski definition) is 5. The number of hydrogen-bond donors (Lipinski definition) is 2. The molecule has 9 heteroatoms. The molecular formula is C23H33F2N5O2. The van der Waals surface area contributed by atoms with Gasteiger partial charge >= 0.3 is 0 Å². The van der Waals surface area contributed by atoms with Crippen LogP contribution in [0.4, 0.5) is 8.78 Å². The molecule has 6 aliphatic rings. The van der Waals surface area contributed by atoms with Crippen LogP contribution >= 0.6 is 0 Å². The summed E-state index contributed by atoms with van der Waals surface area (Å²) < 4.78 is 26.9. The maximum absolute atomic E-state index is 13.4. The van der Waals surface area contributed by atoms with Crippen LogP contribution in [0.25, 0.3) is 0 Å². The van der Waals surface area contributed by atoms with Gasteiger partial charge in [-0.15, -0.1) is 0 Å². The van der Waals surface area contributed by atoms with E-state index < -0.39 is 12.5 Å². The lowest BCUT2D eigenvalue weighted by molar-refractivity contribution is -0.133. The maximum Gasteiger partial charge on any atom is 0.267 e. The van der Waals surface area contributed by atoms with E-state index in [4.69, 9.17) is 0 Å². The minimum absolute atomic E-state index is 0.0208. The highest BCUT2D eigenvalue weighted by Gasteiger charge is 2.55. The monoisotopic (exact) mass is 449 g/mol. The molecule has 0 aromatic carbocycles. The fourth-order valence-corrected chi connectivity index (χ4v) is 7.40. The summed E-state index contributed by atoms with van der Waals surface area (Å²) in [6, 6.07) is 2.19. The molecule has 32 heavy (non-hydrogen) atoms. The molecular weight excluding hydrogens is 416 g/mol. The van der Waals surface area contributed by atoms with Crippen LogP contribution in [0.2, 0.25) is 0 Å². The molecule has 2 unspecified atom stereocenters. The summed E-state index contributed by atoms with van der Waals surface area (Å²) in [6.07, 6.45) is 6.71. The first-order valence-corrected chi connectivity index (χ1v) is 12.1. The fourth-order valence-electron chi connectivity index (χ4n) is 7.40. The van der Waals surface area contributed by atoms with Gasteiger partial charge in [0, 0.05) is 31.1 Å². The van der Waals surface area contributed by atoms with Crippen molar-refractivity contribution in [3.63, 3.8) is 0 Å². The molecule has 6 rings (SSSR count). The van der Waals surface area contributed by atoms with E-state index in [9.17, 15) is 23.6 Å². The Labute approximate surface area is 187 Å². The number of amides is 2. The molecule has 0 aromatic heterocycles. The van der Waals surface area contributed by atoms with Gasteiger partial charge < -0.3 is 20.4 Å². The van der Waals surface area contributed by atoms with Gasteiger partial charge in [-0.05, 0) is 62.7 Å². The minimum Gasteiger partial charge on any atom is -0.335 e. The topological polar surface area (TPSA) is 88.5 Å². The summed E-state index contributed by atoms with van der Waals surface area (Å²) in [7, 11) is 0. The number of likely N-dealkylation sites (tertiary alicyclic amines) is 2. The molecule has 3 atom stereocenters. The van der Waals surface area contributed by atoms with Gasteiger partial charge in [0.05, 0.1) is 25.7 Å². The molecule has 4 aliphatic carbocycles. The lowest BCUT2D eigenvalue weighted by Gasteiger charge is -2.60. The SMILES string of the molecule is N#C[C@@H]1CCCN1C(=O)CNC12CC3CC(C1)C(NCC(=O)N1CCC(F)(F)C1)C(C3)C2. The molecule has 0 aromatic rings. The molecule has 6 fully saturated rings. The Morgan fingerprint density at radius 2 is 1.81 bits per heavy atom. The summed E-state index contributed by atoms with van der Waals surface area (Å²) >= 11 is 0. The smallest absolute Gasteiger partial charge is 0.267 e. The number of alkyl halides is 2. The Bertz CT molecular complexity index is 799. The van der Waals surface area contributed by atoms with E-state index in [2.05, 4.69) is 16.7 Å². The highest BCUT2D eigenvalue weighted by Crippen LogP contribution is 2.55. The molecule has 2 heterocycles. The van der Waals surface area contributed by atoms with Crippen molar-refractivity contribution in [3.8, 4) is 6.07 Å². The zero-order chi connectivity index (χ0) is 22.5. The fraction of sp³-hybridized carbons (Fsp3) is 0.870. The van der Waals surface area contributed by atoms with Crippen LogP contribution in [0.15, 0.2) is 0 Å². The summed E-state index contributed by atoms with van der Waals surface area (Å²) in [5.41, 5.74) is -0.0345. The highest BCUT2D eigenvalue weighted by molar-refractivity contribution is 5.79. The Morgan fingerprint density at radius 3 is 2.47 bits per heavy atom. The number of halogens is 2. The van der Waals surface area contributed by atoms with Crippen LogP contribution in [0.3, 0.4) is 0 Å². The minimum atomic E-state index is -2.75. The Morgan fingerprint density at radius 1 is 1.06 bits per heavy atom. The molecule has 4 saturated carbocycles. The average molecular weight is 450 g/mol. The van der Waals surface area contributed by atoms with Crippen molar-refractivity contribution in [2.75, 3.05) is 32.7 Å². The zero-order valence-corrected chi connectivity index (χ0v) is 18.5. The van der Waals surface area contributed by atoms with Gasteiger partial charge in [0.15, 0.2) is 0 Å². The molecule has 2 amide bonds. The second-order valence-electron chi connectivity index (χ2n) is 10.8. The van der Waals surface area contributed by atoms with Gasteiger partial charge in [0.25, 0.3) is 5.92 Å². The van der Waals surface area contributed by atoms with Gasteiger partial charge in [-0.1, -0.05) is 0 Å². The van der Waals surface area contributed by atoms with Crippen LogP contribution in [0, 0.1) is 29.1 Å². The first-order valence-electron chi connectivity index (χ1n) is 12.1. The number of nitrogens with zero attached hydrogens (tertiary/aromatic N) is 3. The molecule has 7 nitrogen and oxygen atoms in total. The van der Waals surface area contributed by atoms with Gasteiger partial charge in [-0.2, -0.15) is 5.26 Å². The van der Waals surface area contributed by atoms with Crippen LogP contribution < -0.4 is 10.6 Å². The van der Waals surface area contributed by atoms with Crippen molar-refractivity contribution < 1.29 is 18.4 Å². The van der Waals surface area contributed by atoms with Crippen LogP contribution in [0.1, 0.15) is 51.4 Å². The quantitative estimate of drug-likeness (QED) is 0.642. The second-order valence-corrected chi connectivity index (χ2v) is 10.8. The molecule has 2 saturated heterocycles. The molecule has 0 radical (unpaired) electrons. The van der Waals surface area contributed by atoms with E-state index in [1.165, 1.54) is 4.90 Å². The lowest BCUT2D eigenvalue weighted by atomic mass is 9.51. The largest absolute Gasteiger partial charge is 0.335 e. The first kappa shape index (κ1) is 22.0. The predicted molar refractivity (Wildman–Crippen MR) is 113 cm³/mol. The van der Waals surface area contributed by atoms with Crippen LogP contribution in [-0.2, 0) is 9.59 Å². The van der Waals surface area contributed by atoms with Gasteiger partial charge in [-0.25, -0.2) is 8.78 Å². The molecule has 176 valence electrons. The zero-order valence-electron chi connectivity index (χ0n) is 18.5. The van der Waals surface area contributed by atoms with Gasteiger partial charge in [0.1, 0.15) is 6.04 Å². The van der Waals surface area contributed by atoms with Crippen molar-refractivity contribution >= 4 is 11.8 Å². The van der Waals surface area contributed by atoms with Crippen LogP contribution in [0.5, 0.6) is 0 Å². The first-order chi connectivity index (χ1) is 15.3. The second kappa shape index (κ2) is 8.21. The van der Waals surface area contributed by atoms with E-state index in [0.717, 1.165) is 44.9 Å². The van der Waals surface area contributed by atoms with Crippen LogP contribution in [-0.4, -0.2) is 77.9 Å². The highest BCUT2D eigenvalue weighted by atomic mass is 19.3. The Balaban J connectivity index is 1.15. The molecule has 2 N–H and O–H groups in total. The number of carbonyl (C=O) groups excluding carboxylic acids is 2. The lowest BCUT2D eigenvalue weighted by Crippen LogP contribution is -2.66. The number of nitrogens with one attached hydrogen (secondary N) is 2. The summed E-state index contributed by atoms with van der Waals surface area (Å²) in [5.74, 6) is -1.44. The van der Waals surface area contributed by atoms with Crippen molar-refractivity contribution in [1.82, 2.24) is 20.4 Å². The average Bonchev–Trinajstić information content (AvgIpc) is 3.37. The number of carbonyl (C=O) groups is 2. The third-order valence-electron chi connectivity index (χ3n) is 8.62. The third-order valence-corrected chi connectivity index (χ3v) is 8.62. The Hall–Kier alpha value is -1.79. The standard InChI is InChI=1S/C23H33F2N5O2/c24-23(25)3-5-29(14-23)19(31)12-27-21-16-6-15-7-17(21)10-22(8-15,9-16)28-13-20(32)30-4-1-2-18(30)11-26/h15-18,21,27-28H,1-10,12-14H2/t15?,16?,17?,18-,21?,22?/m0/s1. The predicted octanol–water partition coefficient (Wildman–Crippen LogP) is 1.50. The maximum atomic E-state index is 13.4. The summed E-state index contributed by atoms with van der Waals surface area (Å²) in [5, 5.41) is 16.3. The van der Waals surface area contributed by atoms with Gasteiger partial charge in [-0.3, -0.25) is 9.59 Å². The summed E-state index contributed by atoms with van der Waals surface area (Å²) in [6.45, 7) is 0.754. The van der Waals surface area contributed by atoms with E-state index in [0.29, 0.717) is 24.3 Å². The van der Waals surface area contributed by atoms with Crippen molar-refractivity contribution in [2.24, 2.45) is 17.8 Å². The van der Waals surface area contributed by atoms with E-state index in [1.54, 1.807) is 4.90 Å². The van der Waals surface area contributed by atoms with Gasteiger partial charge in [0.2, 0.25) is 11.8 Å².